The van der Waals surface area contributed by atoms with E-state index < -0.39 is 11.1 Å². The van der Waals surface area contributed by atoms with Gasteiger partial charge in [0.05, 0.1) is 4.90 Å². The van der Waals surface area contributed by atoms with E-state index in [-0.39, 0.29) is 29.6 Å². The van der Waals surface area contributed by atoms with Crippen LogP contribution in [0.3, 0.4) is 0 Å². The zero-order valence-electron chi connectivity index (χ0n) is 5.52. The van der Waals surface area contributed by atoms with Crippen LogP contribution in [0, 0.1) is 0 Å². The molecular weight excluding hydrogens is 161 g/mol. The fourth-order valence-electron chi connectivity index (χ4n) is 0.450. The molecule has 0 aliphatic carbocycles. The van der Waals surface area contributed by atoms with Crippen molar-refractivity contribution in [3.63, 3.8) is 0 Å². The maximum absolute atomic E-state index is 10.3. The van der Waals surface area contributed by atoms with Crippen molar-refractivity contribution in [3.05, 3.63) is 24.5 Å². The van der Waals surface area contributed by atoms with E-state index in [9.17, 15) is 4.21 Å². The molecule has 1 aromatic heterocycles. The Labute approximate surface area is 83.4 Å². The molecule has 5 heteroatoms. The van der Waals surface area contributed by atoms with Crippen LogP contribution in [0.4, 0.5) is 0 Å². The second-order valence-electron chi connectivity index (χ2n) is 1.44. The third-order valence-electron chi connectivity index (χ3n) is 0.836. The Kier molecular flexibility index (Phi) is 5.11. The normalized spacial score (nSPS) is 11.7. The molecule has 0 bridgehead atoms. The molecule has 0 saturated carbocycles. The molecule has 1 N–H and O–H groups in total. The van der Waals surface area contributed by atoms with Gasteiger partial charge in [-0.25, -0.2) is 4.21 Å². The predicted molar refractivity (Wildman–Crippen MR) is 33.3 cm³/mol. The predicted octanol–water partition coefficient (Wildman–Crippen LogP) is -2.33. The number of nitrogens with zero attached hydrogens (tertiary/aromatic N) is 1. The van der Waals surface area contributed by atoms with Crippen LogP contribution >= 0.6 is 0 Å². The largest absolute Gasteiger partial charge is 1.00 e. The molecule has 1 aromatic rings. The molecule has 1 unspecified atom stereocenters. The van der Waals surface area contributed by atoms with Gasteiger partial charge >= 0.3 is 29.6 Å². The SMILES string of the molecule is O=S(O)c1cccnc1.[Na+]. The summed E-state index contributed by atoms with van der Waals surface area (Å²) in [5.41, 5.74) is 0. The molecule has 0 spiro atoms. The topological polar surface area (TPSA) is 50.2 Å². The molecule has 3 nitrogen and oxygen atoms in total. The van der Waals surface area contributed by atoms with E-state index in [2.05, 4.69) is 4.98 Å². The number of hydrogen-bond donors (Lipinski definition) is 1. The average Bonchev–Trinajstić information content (AvgIpc) is 1.90. The molecule has 0 fully saturated rings. The Morgan fingerprint density at radius 3 is 2.60 bits per heavy atom. The minimum Gasteiger partial charge on any atom is -0.302 e. The van der Waals surface area contributed by atoms with Crippen LogP contribution in [0.15, 0.2) is 29.4 Å². The second-order valence-corrected chi connectivity index (χ2v) is 2.41. The fourth-order valence-corrected chi connectivity index (χ4v) is 0.796. The monoisotopic (exact) mass is 166 g/mol. The van der Waals surface area contributed by atoms with Crippen molar-refractivity contribution in [1.82, 2.24) is 4.98 Å². The van der Waals surface area contributed by atoms with Gasteiger partial charge in [0.15, 0.2) is 11.1 Å². The Bertz CT molecular complexity index is 216. The Hall–Kier alpha value is 0.260. The Morgan fingerprint density at radius 1 is 1.60 bits per heavy atom. The number of rotatable bonds is 1. The molecule has 48 valence electrons. The summed E-state index contributed by atoms with van der Waals surface area (Å²) >= 11 is -1.89. The summed E-state index contributed by atoms with van der Waals surface area (Å²) in [5, 5.41) is 0. The molecule has 1 heterocycles. The Morgan fingerprint density at radius 2 is 2.30 bits per heavy atom. The maximum atomic E-state index is 10.3. The first kappa shape index (κ1) is 10.3. The first-order valence-corrected chi connectivity index (χ1v) is 3.42. The van der Waals surface area contributed by atoms with Crippen LogP contribution in [0.1, 0.15) is 0 Å². The third-order valence-corrected chi connectivity index (χ3v) is 1.48. The first-order valence-electron chi connectivity index (χ1n) is 2.31. The van der Waals surface area contributed by atoms with Crippen molar-refractivity contribution in [3.8, 4) is 0 Å². The minimum absolute atomic E-state index is 0. The van der Waals surface area contributed by atoms with Crippen LogP contribution in [-0.2, 0) is 11.1 Å². The van der Waals surface area contributed by atoms with Crippen molar-refractivity contribution >= 4 is 11.1 Å². The molecule has 0 aromatic carbocycles. The molecule has 0 amide bonds. The zero-order valence-corrected chi connectivity index (χ0v) is 8.34. The number of pyridine rings is 1. The van der Waals surface area contributed by atoms with Gasteiger partial charge in [0.2, 0.25) is 0 Å². The van der Waals surface area contributed by atoms with E-state index in [4.69, 9.17) is 4.55 Å². The average molecular weight is 166 g/mol. The van der Waals surface area contributed by atoms with Gasteiger partial charge in [0, 0.05) is 12.4 Å². The van der Waals surface area contributed by atoms with Crippen molar-refractivity contribution in [2.24, 2.45) is 0 Å². The molecule has 0 radical (unpaired) electrons. The standard InChI is InChI=1S/C5H5NO2S.Na/c7-9(8)5-2-1-3-6-4-5;/h1-4H,(H,7,8);/q;+1. The molecule has 0 aliphatic rings. The van der Waals surface area contributed by atoms with E-state index >= 15 is 0 Å². The fraction of sp³-hybridized carbons (Fsp3) is 0. The van der Waals surface area contributed by atoms with E-state index in [0.29, 0.717) is 4.90 Å². The van der Waals surface area contributed by atoms with E-state index in [1.54, 1.807) is 18.3 Å². The van der Waals surface area contributed by atoms with Crippen LogP contribution in [-0.4, -0.2) is 13.7 Å². The molecule has 1 atom stereocenters. The van der Waals surface area contributed by atoms with Crippen molar-refractivity contribution in [2.45, 2.75) is 4.90 Å². The number of hydrogen-bond acceptors (Lipinski definition) is 2. The van der Waals surface area contributed by atoms with Crippen molar-refractivity contribution < 1.29 is 38.3 Å². The molecule has 10 heavy (non-hydrogen) atoms. The molecule has 0 saturated heterocycles. The van der Waals surface area contributed by atoms with E-state index in [1.165, 1.54) is 6.20 Å². The van der Waals surface area contributed by atoms with E-state index in [0.717, 1.165) is 0 Å². The quantitative estimate of drug-likeness (QED) is 0.376. The van der Waals surface area contributed by atoms with Gasteiger partial charge in [-0.3, -0.25) is 4.98 Å². The van der Waals surface area contributed by atoms with Crippen LogP contribution < -0.4 is 29.6 Å². The summed E-state index contributed by atoms with van der Waals surface area (Å²) in [7, 11) is 0. The van der Waals surface area contributed by atoms with Crippen LogP contribution in [0.5, 0.6) is 0 Å². The van der Waals surface area contributed by atoms with Gasteiger partial charge in [-0.1, -0.05) is 0 Å². The first-order chi connectivity index (χ1) is 4.30. The van der Waals surface area contributed by atoms with Crippen molar-refractivity contribution in [2.75, 3.05) is 0 Å². The third kappa shape index (κ3) is 2.90. The summed E-state index contributed by atoms with van der Waals surface area (Å²) in [6, 6.07) is 3.16. The maximum Gasteiger partial charge on any atom is 1.00 e. The minimum atomic E-state index is -1.89. The number of aromatic nitrogens is 1. The summed E-state index contributed by atoms with van der Waals surface area (Å²) in [6.45, 7) is 0. The van der Waals surface area contributed by atoms with Crippen molar-refractivity contribution in [1.29, 1.82) is 0 Å². The van der Waals surface area contributed by atoms with Gasteiger partial charge in [-0.15, -0.1) is 0 Å². The smallest absolute Gasteiger partial charge is 0.302 e. The van der Waals surface area contributed by atoms with Crippen LogP contribution in [0.25, 0.3) is 0 Å². The molecular formula is C5H5NNaO2S+. The molecule has 0 aliphatic heterocycles. The second kappa shape index (κ2) is 4.98. The molecule has 1 rings (SSSR count). The van der Waals surface area contributed by atoms with Crippen LogP contribution in [0.2, 0.25) is 0 Å². The van der Waals surface area contributed by atoms with Gasteiger partial charge in [-0.05, 0) is 12.1 Å². The van der Waals surface area contributed by atoms with Gasteiger partial charge in [0.25, 0.3) is 0 Å². The summed E-state index contributed by atoms with van der Waals surface area (Å²) in [5.74, 6) is 0. The van der Waals surface area contributed by atoms with Gasteiger partial charge in [-0.2, -0.15) is 0 Å². The van der Waals surface area contributed by atoms with Gasteiger partial charge < -0.3 is 4.55 Å². The summed E-state index contributed by atoms with van der Waals surface area (Å²) in [4.78, 5) is 3.98. The summed E-state index contributed by atoms with van der Waals surface area (Å²) in [6.07, 6.45) is 2.91. The zero-order chi connectivity index (χ0) is 6.69. The van der Waals surface area contributed by atoms with Gasteiger partial charge in [0.1, 0.15) is 0 Å². The Balaban J connectivity index is 0.000000810. The summed E-state index contributed by atoms with van der Waals surface area (Å²) < 4.78 is 18.7. The van der Waals surface area contributed by atoms with E-state index in [1.807, 2.05) is 0 Å².